The summed E-state index contributed by atoms with van der Waals surface area (Å²) < 4.78 is 0. The molecule has 0 aromatic heterocycles. The summed E-state index contributed by atoms with van der Waals surface area (Å²) >= 11 is 0.900. The van der Waals surface area contributed by atoms with Crippen LogP contribution in [0.2, 0.25) is 0 Å². The van der Waals surface area contributed by atoms with Crippen LogP contribution in [0.3, 0.4) is 0 Å². The minimum Gasteiger partial charge on any atom is -0.508 e. The predicted molar refractivity (Wildman–Crippen MR) is 87.7 cm³/mol. The molecule has 1 aliphatic heterocycles. The first-order valence-corrected chi connectivity index (χ1v) is 7.50. The fourth-order valence-corrected chi connectivity index (χ4v) is 3.08. The van der Waals surface area contributed by atoms with Crippen molar-refractivity contribution in [3.8, 4) is 5.75 Å². The van der Waals surface area contributed by atoms with Crippen LogP contribution in [0.4, 0.5) is 10.5 Å². The first-order chi connectivity index (χ1) is 10.5. The molecule has 2 aromatic carbocycles. The van der Waals surface area contributed by atoms with E-state index in [0.717, 1.165) is 27.8 Å². The van der Waals surface area contributed by atoms with Gasteiger partial charge < -0.3 is 5.11 Å². The number of rotatable bonds is 2. The van der Waals surface area contributed by atoms with Gasteiger partial charge in [0.2, 0.25) is 0 Å². The number of carbonyl (C=O) groups excluding carboxylic acids is 2. The Morgan fingerprint density at radius 2 is 1.86 bits per heavy atom. The Labute approximate surface area is 132 Å². The maximum absolute atomic E-state index is 12.5. The number of aryl methyl sites for hydroxylation is 1. The zero-order valence-electron chi connectivity index (χ0n) is 11.8. The van der Waals surface area contributed by atoms with Crippen molar-refractivity contribution in [1.29, 1.82) is 0 Å². The van der Waals surface area contributed by atoms with Gasteiger partial charge in [0.1, 0.15) is 5.75 Å². The Hall–Kier alpha value is -2.53. The monoisotopic (exact) mass is 311 g/mol. The van der Waals surface area contributed by atoms with Crippen LogP contribution in [-0.2, 0) is 4.79 Å². The molecule has 0 spiro atoms. The molecule has 0 atom stereocenters. The third-order valence-electron chi connectivity index (χ3n) is 3.22. The third-order valence-corrected chi connectivity index (χ3v) is 4.09. The predicted octanol–water partition coefficient (Wildman–Crippen LogP) is 3.94. The molecule has 0 aliphatic carbocycles. The van der Waals surface area contributed by atoms with E-state index in [9.17, 15) is 14.7 Å². The van der Waals surface area contributed by atoms with Gasteiger partial charge in [-0.15, -0.1) is 0 Å². The number of hydrogen-bond acceptors (Lipinski definition) is 4. The number of phenols is 1. The fourth-order valence-electron chi connectivity index (χ4n) is 2.23. The van der Waals surface area contributed by atoms with E-state index in [1.165, 1.54) is 12.1 Å². The van der Waals surface area contributed by atoms with Gasteiger partial charge in [-0.25, -0.2) is 4.90 Å². The summed E-state index contributed by atoms with van der Waals surface area (Å²) in [6, 6.07) is 13.8. The van der Waals surface area contributed by atoms with E-state index in [1.807, 2.05) is 31.2 Å². The highest BCUT2D eigenvalue weighted by atomic mass is 32.2. The Kier molecular flexibility index (Phi) is 3.73. The molecule has 1 N–H and O–H groups in total. The fraction of sp³-hybridized carbons (Fsp3) is 0.0588. The van der Waals surface area contributed by atoms with Crippen LogP contribution < -0.4 is 4.90 Å². The van der Waals surface area contributed by atoms with Crippen LogP contribution in [0.1, 0.15) is 11.1 Å². The lowest BCUT2D eigenvalue weighted by Crippen LogP contribution is -2.27. The molecule has 22 heavy (non-hydrogen) atoms. The van der Waals surface area contributed by atoms with Gasteiger partial charge in [-0.2, -0.15) is 0 Å². The minimum absolute atomic E-state index is 0.0132. The number of thioether (sulfide) groups is 1. The number of phenolic OH excluding ortho intramolecular Hbond substituents is 1. The quantitative estimate of drug-likeness (QED) is 0.853. The molecule has 0 radical (unpaired) electrons. The van der Waals surface area contributed by atoms with E-state index in [0.29, 0.717) is 10.6 Å². The van der Waals surface area contributed by atoms with Crippen molar-refractivity contribution in [3.63, 3.8) is 0 Å². The van der Waals surface area contributed by atoms with E-state index < -0.39 is 0 Å². The molecule has 2 amide bonds. The maximum atomic E-state index is 12.5. The molecule has 110 valence electrons. The van der Waals surface area contributed by atoms with Gasteiger partial charge in [-0.3, -0.25) is 9.59 Å². The van der Waals surface area contributed by atoms with Crippen LogP contribution >= 0.6 is 11.8 Å². The van der Waals surface area contributed by atoms with E-state index in [-0.39, 0.29) is 16.9 Å². The SMILES string of the molecule is Cc1cccc(/C=C2\SC(=O)N(c3cccc(O)c3)C2=O)c1. The van der Waals surface area contributed by atoms with Gasteiger partial charge in [0.15, 0.2) is 0 Å². The lowest BCUT2D eigenvalue weighted by molar-refractivity contribution is -0.113. The Bertz CT molecular complexity index is 798. The molecule has 1 fully saturated rings. The maximum Gasteiger partial charge on any atom is 0.298 e. The first-order valence-electron chi connectivity index (χ1n) is 6.68. The molecule has 0 bridgehead atoms. The second-order valence-electron chi connectivity index (χ2n) is 4.95. The van der Waals surface area contributed by atoms with Gasteiger partial charge in [0.05, 0.1) is 10.6 Å². The van der Waals surface area contributed by atoms with Gasteiger partial charge in [0.25, 0.3) is 11.1 Å². The number of aromatic hydroxyl groups is 1. The molecular weight excluding hydrogens is 298 g/mol. The number of anilines is 1. The molecule has 0 unspecified atom stereocenters. The van der Waals surface area contributed by atoms with E-state index in [1.54, 1.807) is 18.2 Å². The molecule has 0 saturated carbocycles. The van der Waals surface area contributed by atoms with Gasteiger partial charge >= 0.3 is 0 Å². The Balaban J connectivity index is 1.95. The van der Waals surface area contributed by atoms with Crippen molar-refractivity contribution in [3.05, 3.63) is 64.6 Å². The van der Waals surface area contributed by atoms with Gasteiger partial charge in [0, 0.05) is 6.07 Å². The van der Waals surface area contributed by atoms with Crippen molar-refractivity contribution in [2.75, 3.05) is 4.90 Å². The van der Waals surface area contributed by atoms with Crippen molar-refractivity contribution in [2.45, 2.75) is 6.92 Å². The largest absolute Gasteiger partial charge is 0.508 e. The van der Waals surface area contributed by atoms with Crippen LogP contribution in [0.5, 0.6) is 5.75 Å². The Morgan fingerprint density at radius 3 is 2.59 bits per heavy atom. The topological polar surface area (TPSA) is 57.6 Å². The summed E-state index contributed by atoms with van der Waals surface area (Å²) in [6.07, 6.45) is 1.71. The number of nitrogens with zero attached hydrogens (tertiary/aromatic N) is 1. The summed E-state index contributed by atoms with van der Waals surface area (Å²) in [5, 5.41) is 9.14. The molecule has 4 nitrogen and oxygen atoms in total. The van der Waals surface area contributed by atoms with Crippen molar-refractivity contribution in [1.82, 2.24) is 0 Å². The number of benzene rings is 2. The summed E-state index contributed by atoms with van der Waals surface area (Å²) in [5.41, 5.74) is 2.33. The Morgan fingerprint density at radius 1 is 1.09 bits per heavy atom. The normalized spacial score (nSPS) is 16.6. The summed E-state index contributed by atoms with van der Waals surface area (Å²) in [4.78, 5) is 26.0. The number of carbonyl (C=O) groups is 2. The van der Waals surface area contributed by atoms with E-state index >= 15 is 0 Å². The second kappa shape index (κ2) is 5.69. The third kappa shape index (κ3) is 2.76. The lowest BCUT2D eigenvalue weighted by Gasteiger charge is -2.12. The number of hydrogen-bond donors (Lipinski definition) is 1. The molecular formula is C17H13NO3S. The lowest BCUT2D eigenvalue weighted by atomic mass is 10.1. The average molecular weight is 311 g/mol. The highest BCUT2D eigenvalue weighted by Gasteiger charge is 2.36. The van der Waals surface area contributed by atoms with Crippen molar-refractivity contribution < 1.29 is 14.7 Å². The second-order valence-corrected chi connectivity index (χ2v) is 5.94. The van der Waals surface area contributed by atoms with E-state index in [2.05, 4.69) is 0 Å². The van der Waals surface area contributed by atoms with Crippen molar-refractivity contribution >= 4 is 34.7 Å². The highest BCUT2D eigenvalue weighted by molar-refractivity contribution is 8.19. The van der Waals surface area contributed by atoms with Gasteiger partial charge in [-0.05, 0) is 42.5 Å². The molecule has 3 rings (SSSR count). The van der Waals surface area contributed by atoms with Crippen LogP contribution in [0, 0.1) is 6.92 Å². The van der Waals surface area contributed by atoms with E-state index in [4.69, 9.17) is 0 Å². The van der Waals surface area contributed by atoms with Crippen LogP contribution in [0.15, 0.2) is 53.4 Å². The zero-order chi connectivity index (χ0) is 15.7. The minimum atomic E-state index is -0.373. The number of amides is 2. The molecule has 5 heteroatoms. The molecule has 1 aliphatic rings. The molecule has 1 heterocycles. The summed E-state index contributed by atoms with van der Waals surface area (Å²) in [5.74, 6) is -0.360. The average Bonchev–Trinajstić information content (AvgIpc) is 2.73. The summed E-state index contributed by atoms with van der Waals surface area (Å²) in [7, 11) is 0. The highest BCUT2D eigenvalue weighted by Crippen LogP contribution is 2.36. The van der Waals surface area contributed by atoms with Crippen LogP contribution in [-0.4, -0.2) is 16.3 Å². The molecule has 1 saturated heterocycles. The van der Waals surface area contributed by atoms with Crippen LogP contribution in [0.25, 0.3) is 6.08 Å². The van der Waals surface area contributed by atoms with Crippen molar-refractivity contribution in [2.24, 2.45) is 0 Å². The molecule has 2 aromatic rings. The zero-order valence-corrected chi connectivity index (χ0v) is 12.6. The number of imide groups is 1. The standard InChI is InChI=1S/C17H13NO3S/c1-11-4-2-5-12(8-11)9-15-16(20)18(17(21)22-15)13-6-3-7-14(19)10-13/h2-10,19H,1H3/b15-9-. The smallest absolute Gasteiger partial charge is 0.298 e. The summed E-state index contributed by atoms with van der Waals surface area (Å²) in [6.45, 7) is 1.97. The van der Waals surface area contributed by atoms with Gasteiger partial charge in [-0.1, -0.05) is 35.9 Å². The first kappa shape index (κ1) is 14.4.